The van der Waals surface area contributed by atoms with Crippen LogP contribution in [0.1, 0.15) is 73.1 Å². The van der Waals surface area contributed by atoms with Crippen molar-refractivity contribution in [1.82, 2.24) is 4.90 Å². The fraction of sp³-hybridized carbons (Fsp3) is 0.938. The van der Waals surface area contributed by atoms with Gasteiger partial charge in [-0.1, -0.05) is 39.0 Å². The third-order valence-corrected chi connectivity index (χ3v) is 5.64. The minimum atomic E-state index is -0.681. The fourth-order valence-corrected chi connectivity index (χ4v) is 5.28. The number of carboxylic acids is 1. The number of aliphatic carboxylic acids is 1. The summed E-state index contributed by atoms with van der Waals surface area (Å²) in [6.45, 7) is 11.5. The van der Waals surface area contributed by atoms with E-state index in [4.69, 9.17) is 0 Å². The molecule has 0 radical (unpaired) electrons. The van der Waals surface area contributed by atoms with Crippen LogP contribution in [0.25, 0.3) is 0 Å². The molecule has 20 heavy (non-hydrogen) atoms. The molecule has 1 aliphatic heterocycles. The first-order valence-corrected chi connectivity index (χ1v) is 8.73. The van der Waals surface area contributed by atoms with Gasteiger partial charge >= 0.3 is 5.97 Å². The van der Waals surface area contributed by atoms with Gasteiger partial charge in [0.05, 0.1) is 4.87 Å². The van der Waals surface area contributed by atoms with E-state index < -0.39 is 5.97 Å². The first-order valence-electron chi connectivity index (χ1n) is 7.92. The molecular weight excluding hydrogens is 270 g/mol. The highest BCUT2D eigenvalue weighted by molar-refractivity contribution is 8.02. The van der Waals surface area contributed by atoms with Gasteiger partial charge in [0.25, 0.3) is 0 Å². The maximum Gasteiger partial charge on any atom is 0.322 e. The molecule has 0 saturated carbocycles. The molecule has 0 bridgehead atoms. The van der Waals surface area contributed by atoms with Crippen LogP contribution in [0.2, 0.25) is 0 Å². The van der Waals surface area contributed by atoms with Crippen LogP contribution in [0.5, 0.6) is 0 Å². The van der Waals surface area contributed by atoms with E-state index in [-0.39, 0.29) is 15.7 Å². The standard InChI is InChI=1S/C16H31NO2S/c1-6-7-8-9-10-11-12-17-13(14(18)19)15(2,3)20-16(17,4)5/h13H,6-12H2,1-5H3,(H,18,19). The molecule has 1 fully saturated rings. The number of thioether (sulfide) groups is 1. The molecule has 0 aliphatic carbocycles. The van der Waals surface area contributed by atoms with Crippen LogP contribution in [0.3, 0.4) is 0 Å². The zero-order chi connectivity index (χ0) is 15.4. The number of carboxylic acid groups (broad SMARTS) is 1. The van der Waals surface area contributed by atoms with Crippen molar-refractivity contribution in [3.05, 3.63) is 0 Å². The Morgan fingerprint density at radius 2 is 1.65 bits per heavy atom. The van der Waals surface area contributed by atoms with Crippen LogP contribution in [-0.2, 0) is 4.79 Å². The van der Waals surface area contributed by atoms with Gasteiger partial charge in [-0.15, -0.1) is 11.8 Å². The second kappa shape index (κ2) is 7.17. The molecule has 1 N–H and O–H groups in total. The van der Waals surface area contributed by atoms with Gasteiger partial charge in [0.2, 0.25) is 0 Å². The molecule has 1 atom stereocenters. The lowest BCUT2D eigenvalue weighted by Gasteiger charge is -2.33. The van der Waals surface area contributed by atoms with Crippen molar-refractivity contribution in [2.24, 2.45) is 0 Å². The second-order valence-corrected chi connectivity index (χ2v) is 9.11. The lowest BCUT2D eigenvalue weighted by Crippen LogP contribution is -2.50. The molecule has 1 heterocycles. The summed E-state index contributed by atoms with van der Waals surface area (Å²) in [6, 6.07) is -0.377. The SMILES string of the molecule is CCCCCCCCN1C(C(=O)O)C(C)(C)SC1(C)C. The average molecular weight is 301 g/mol. The number of carbonyl (C=O) groups is 1. The maximum atomic E-state index is 11.6. The highest BCUT2D eigenvalue weighted by Gasteiger charge is 2.54. The van der Waals surface area contributed by atoms with Crippen molar-refractivity contribution in [3.8, 4) is 0 Å². The van der Waals surface area contributed by atoms with E-state index in [1.165, 1.54) is 32.1 Å². The predicted molar refractivity (Wildman–Crippen MR) is 87.3 cm³/mol. The fourth-order valence-electron chi connectivity index (χ4n) is 3.34. The summed E-state index contributed by atoms with van der Waals surface area (Å²) in [5.41, 5.74) is 0. The Bertz CT molecular complexity index is 328. The van der Waals surface area contributed by atoms with Crippen molar-refractivity contribution in [3.63, 3.8) is 0 Å². The van der Waals surface area contributed by atoms with Gasteiger partial charge in [-0.05, 0) is 34.1 Å². The van der Waals surface area contributed by atoms with Crippen molar-refractivity contribution in [1.29, 1.82) is 0 Å². The van der Waals surface area contributed by atoms with E-state index in [0.717, 1.165) is 13.0 Å². The maximum absolute atomic E-state index is 11.6. The van der Waals surface area contributed by atoms with E-state index in [1.54, 1.807) is 11.8 Å². The number of rotatable bonds is 8. The molecule has 3 nitrogen and oxygen atoms in total. The summed E-state index contributed by atoms with van der Waals surface area (Å²) < 4.78 is -0.225. The second-order valence-electron chi connectivity index (χ2n) is 6.85. The number of unbranched alkanes of at least 4 members (excludes halogenated alkanes) is 5. The van der Waals surface area contributed by atoms with Crippen LogP contribution < -0.4 is 0 Å². The molecule has 0 aromatic heterocycles. The monoisotopic (exact) mass is 301 g/mol. The predicted octanol–water partition coefficient (Wildman–Crippen LogP) is 4.36. The van der Waals surface area contributed by atoms with Gasteiger partial charge in [-0.25, -0.2) is 0 Å². The van der Waals surface area contributed by atoms with Crippen LogP contribution in [0.4, 0.5) is 0 Å². The largest absolute Gasteiger partial charge is 0.480 e. The molecule has 0 amide bonds. The third-order valence-electron chi connectivity index (χ3n) is 4.16. The summed E-state index contributed by atoms with van der Waals surface area (Å²) in [6.07, 6.45) is 7.48. The van der Waals surface area contributed by atoms with Gasteiger partial charge in [0.1, 0.15) is 6.04 Å². The normalized spacial score (nSPS) is 24.9. The van der Waals surface area contributed by atoms with Gasteiger partial charge in [0.15, 0.2) is 0 Å². The van der Waals surface area contributed by atoms with Crippen molar-refractivity contribution in [2.75, 3.05) is 6.54 Å². The molecule has 1 rings (SSSR count). The Morgan fingerprint density at radius 1 is 1.10 bits per heavy atom. The third kappa shape index (κ3) is 4.39. The summed E-state index contributed by atoms with van der Waals surface area (Å²) in [5, 5.41) is 9.57. The van der Waals surface area contributed by atoms with Gasteiger partial charge in [-0.3, -0.25) is 9.69 Å². The van der Waals surface area contributed by atoms with E-state index in [0.29, 0.717) is 0 Å². The zero-order valence-corrected chi connectivity index (χ0v) is 14.6. The van der Waals surface area contributed by atoms with E-state index in [2.05, 4.69) is 39.5 Å². The molecule has 0 aromatic rings. The van der Waals surface area contributed by atoms with E-state index in [9.17, 15) is 9.90 Å². The number of hydrogen-bond donors (Lipinski definition) is 1. The van der Waals surface area contributed by atoms with Gasteiger partial charge in [0, 0.05) is 11.3 Å². The number of hydrogen-bond acceptors (Lipinski definition) is 3. The lowest BCUT2D eigenvalue weighted by atomic mass is 10.00. The van der Waals surface area contributed by atoms with Crippen molar-refractivity contribution < 1.29 is 9.90 Å². The van der Waals surface area contributed by atoms with Crippen LogP contribution in [-0.4, -0.2) is 38.2 Å². The van der Waals surface area contributed by atoms with Crippen LogP contribution in [0, 0.1) is 0 Å². The minimum Gasteiger partial charge on any atom is -0.480 e. The van der Waals surface area contributed by atoms with Gasteiger partial charge in [-0.2, -0.15) is 0 Å². The zero-order valence-electron chi connectivity index (χ0n) is 13.7. The molecule has 118 valence electrons. The number of nitrogens with zero attached hydrogens (tertiary/aromatic N) is 1. The molecular formula is C16H31NO2S. The Kier molecular flexibility index (Phi) is 6.39. The Hall–Kier alpha value is -0.220. The quantitative estimate of drug-likeness (QED) is 0.676. The summed E-state index contributed by atoms with van der Waals surface area (Å²) in [4.78, 5) is 13.7. The first kappa shape index (κ1) is 17.8. The Morgan fingerprint density at radius 3 is 2.20 bits per heavy atom. The molecule has 1 aliphatic rings. The summed E-state index contributed by atoms with van der Waals surface area (Å²) in [7, 11) is 0. The Balaban J connectivity index is 2.54. The Labute approximate surface area is 128 Å². The first-order chi connectivity index (χ1) is 9.22. The highest BCUT2D eigenvalue weighted by atomic mass is 32.2. The smallest absolute Gasteiger partial charge is 0.322 e. The highest BCUT2D eigenvalue weighted by Crippen LogP contribution is 2.50. The summed E-state index contributed by atoms with van der Waals surface area (Å²) in [5.74, 6) is -0.681. The van der Waals surface area contributed by atoms with Crippen molar-refractivity contribution >= 4 is 17.7 Å². The van der Waals surface area contributed by atoms with Crippen molar-refractivity contribution in [2.45, 2.75) is 88.8 Å². The average Bonchev–Trinajstić information content (AvgIpc) is 2.48. The molecule has 0 aromatic carbocycles. The van der Waals surface area contributed by atoms with E-state index >= 15 is 0 Å². The molecule has 1 saturated heterocycles. The molecule has 1 unspecified atom stereocenters. The van der Waals surface area contributed by atoms with Gasteiger partial charge < -0.3 is 5.11 Å². The van der Waals surface area contributed by atoms with Crippen LogP contribution >= 0.6 is 11.8 Å². The van der Waals surface area contributed by atoms with Crippen LogP contribution in [0.15, 0.2) is 0 Å². The lowest BCUT2D eigenvalue weighted by molar-refractivity contribution is -0.144. The summed E-state index contributed by atoms with van der Waals surface area (Å²) >= 11 is 1.79. The molecule has 0 spiro atoms. The topological polar surface area (TPSA) is 40.5 Å². The van der Waals surface area contributed by atoms with E-state index in [1.807, 2.05) is 0 Å². The molecule has 4 heteroatoms. The minimum absolute atomic E-state index is 0.0873.